The number of Topliss-reactive ketones (excluding diaryl/α,β-unsaturated/α-hetero) is 1. The van der Waals surface area contributed by atoms with Gasteiger partial charge in [-0.2, -0.15) is 0 Å². The Morgan fingerprint density at radius 1 is 1.59 bits per heavy atom. The smallest absolute Gasteiger partial charge is 0.174 e. The van der Waals surface area contributed by atoms with Crippen LogP contribution in [0.3, 0.4) is 0 Å². The summed E-state index contributed by atoms with van der Waals surface area (Å²) in [6.45, 7) is -2.46. The second-order valence-electron chi connectivity index (χ2n) is 6.47. The number of likely N-dealkylation sites (tertiary alicyclic amines) is 1. The number of piperidine rings is 1. The third kappa shape index (κ3) is 1.27. The summed E-state index contributed by atoms with van der Waals surface area (Å²) in [7, 11) is 1.48. The monoisotopic (exact) mass is 305 g/mol. The predicted octanol–water partition coefficient (Wildman–Crippen LogP) is 1.93. The number of ether oxygens (including phenoxy) is 2. The van der Waals surface area contributed by atoms with Crippen LogP contribution in [-0.4, -0.2) is 43.5 Å². The molecule has 4 nitrogen and oxygen atoms in total. The van der Waals surface area contributed by atoms with Crippen LogP contribution in [0, 0.1) is 5.89 Å². The normalized spacial score (nSPS) is 48.7. The Hall–Kier alpha value is -1.55. The molecule has 0 radical (unpaired) electrons. The zero-order valence-corrected chi connectivity index (χ0v) is 12.3. The Kier molecular flexibility index (Phi) is 1.53. The van der Waals surface area contributed by atoms with Gasteiger partial charge in [0, 0.05) is 31.7 Å². The highest BCUT2D eigenvalue weighted by Crippen LogP contribution is 2.62. The topological polar surface area (TPSA) is 38.8 Å². The van der Waals surface area contributed by atoms with Gasteiger partial charge in [-0.05, 0) is 50.3 Å². The minimum atomic E-state index is -2.53. The molecule has 1 aromatic rings. The zero-order chi connectivity index (χ0) is 20.3. The van der Waals surface area contributed by atoms with Crippen LogP contribution in [0.5, 0.6) is 11.5 Å². The van der Waals surface area contributed by atoms with E-state index in [-0.39, 0.29) is 31.6 Å². The molecule has 22 heavy (non-hydrogen) atoms. The van der Waals surface area contributed by atoms with Gasteiger partial charge in [-0.3, -0.25) is 4.79 Å². The molecular formula is C18H21NO3. The maximum Gasteiger partial charge on any atom is 0.174 e. The molecule has 2 heterocycles. The molecule has 4 aliphatic rings. The number of hydrogen-bond acceptors (Lipinski definition) is 4. The van der Waals surface area contributed by atoms with Crippen molar-refractivity contribution in [2.45, 2.75) is 43.2 Å². The Morgan fingerprint density at radius 2 is 2.50 bits per heavy atom. The molecule has 116 valence electrons. The highest BCUT2D eigenvalue weighted by atomic mass is 16.5. The van der Waals surface area contributed by atoms with Crippen molar-refractivity contribution in [3.05, 3.63) is 23.3 Å². The predicted molar refractivity (Wildman–Crippen MR) is 81.6 cm³/mol. The molecule has 1 saturated heterocycles. The highest BCUT2D eigenvalue weighted by molar-refractivity contribution is 5.89. The second kappa shape index (κ2) is 4.05. The standard InChI is InChI=1S/C18H21NO3/c1-19-8-7-18-11-4-5-13(20)17(18)22-16-14(21-2)6-3-10(15(16)18)9-12(11)19/h3,6,11-12,17H,4-5,7-9H2,1-2H3/t11-,12+,17?,18-/m0/s1/i1D3,9D2,11D. The highest BCUT2D eigenvalue weighted by Gasteiger charge is 2.65. The average molecular weight is 305 g/mol. The number of rotatable bonds is 1. The van der Waals surface area contributed by atoms with E-state index in [1.165, 1.54) is 7.11 Å². The first-order valence-electron chi connectivity index (χ1n) is 10.7. The van der Waals surface area contributed by atoms with E-state index in [0.29, 0.717) is 22.6 Å². The van der Waals surface area contributed by atoms with Crippen molar-refractivity contribution in [2.75, 3.05) is 20.6 Å². The van der Waals surface area contributed by atoms with Gasteiger partial charge in [-0.25, -0.2) is 0 Å². The van der Waals surface area contributed by atoms with Gasteiger partial charge >= 0.3 is 0 Å². The summed E-state index contributed by atoms with van der Waals surface area (Å²) in [5.74, 6) is -0.867. The Bertz CT molecular complexity index is 902. The van der Waals surface area contributed by atoms with Crippen molar-refractivity contribution >= 4 is 5.78 Å². The lowest BCUT2D eigenvalue weighted by Crippen LogP contribution is -2.65. The molecule has 2 bridgehead atoms. The van der Waals surface area contributed by atoms with Crippen LogP contribution in [-0.2, 0) is 16.6 Å². The fourth-order valence-corrected chi connectivity index (χ4v) is 4.76. The van der Waals surface area contributed by atoms with Crippen molar-refractivity contribution in [3.63, 3.8) is 0 Å². The molecule has 0 N–H and O–H groups in total. The molecule has 2 aliphatic carbocycles. The molecule has 2 aliphatic heterocycles. The Morgan fingerprint density at radius 3 is 3.32 bits per heavy atom. The quantitative estimate of drug-likeness (QED) is 0.795. The number of likely N-dealkylation sites (N-methyl/N-ethyl adjacent to an activating group) is 1. The lowest BCUT2D eigenvalue weighted by Gasteiger charge is -2.57. The zero-order valence-electron chi connectivity index (χ0n) is 18.3. The van der Waals surface area contributed by atoms with Crippen LogP contribution < -0.4 is 9.47 Å². The molecule has 1 aromatic carbocycles. The summed E-state index contributed by atoms with van der Waals surface area (Å²) >= 11 is 0. The third-order valence-electron chi connectivity index (χ3n) is 5.66. The van der Waals surface area contributed by atoms with E-state index in [1.807, 2.05) is 0 Å². The molecule has 1 unspecified atom stereocenters. The first-order valence-corrected chi connectivity index (χ1v) is 7.68. The van der Waals surface area contributed by atoms with Gasteiger partial charge in [0.2, 0.25) is 0 Å². The van der Waals surface area contributed by atoms with E-state index in [2.05, 4.69) is 0 Å². The van der Waals surface area contributed by atoms with Gasteiger partial charge in [-0.15, -0.1) is 0 Å². The van der Waals surface area contributed by atoms with Crippen LogP contribution >= 0.6 is 0 Å². The summed E-state index contributed by atoms with van der Waals surface area (Å²) < 4.78 is 62.6. The van der Waals surface area contributed by atoms with Crippen molar-refractivity contribution in [3.8, 4) is 11.5 Å². The Labute approximate surface area is 138 Å². The summed E-state index contributed by atoms with van der Waals surface area (Å²) in [6.07, 6.45) is -2.55. The molecule has 1 saturated carbocycles. The maximum absolute atomic E-state index is 12.8. The minimum absolute atomic E-state index is 0.0724. The average Bonchev–Trinajstić information content (AvgIpc) is 2.96. The molecule has 1 spiro atoms. The molecule has 5 rings (SSSR count). The van der Waals surface area contributed by atoms with E-state index in [4.69, 9.17) is 16.3 Å². The fraction of sp³-hybridized carbons (Fsp3) is 0.611. The summed E-state index contributed by atoms with van der Waals surface area (Å²) in [5.41, 5.74) is -0.215. The van der Waals surface area contributed by atoms with Crippen LogP contribution in [0.2, 0.25) is 0 Å². The number of methoxy groups -OCH3 is 1. The van der Waals surface area contributed by atoms with Gasteiger partial charge in [-0.1, -0.05) is 6.07 Å². The van der Waals surface area contributed by atoms with Crippen molar-refractivity contribution in [1.29, 1.82) is 0 Å². The van der Waals surface area contributed by atoms with Crippen LogP contribution in [0.15, 0.2) is 12.1 Å². The van der Waals surface area contributed by atoms with E-state index in [0.717, 1.165) is 4.90 Å². The molecule has 4 atom stereocenters. The number of benzene rings is 1. The molecular weight excluding hydrogens is 278 g/mol. The number of ketones is 1. The third-order valence-corrected chi connectivity index (χ3v) is 5.66. The van der Waals surface area contributed by atoms with Crippen LogP contribution in [0.4, 0.5) is 0 Å². The van der Waals surface area contributed by atoms with Crippen molar-refractivity contribution < 1.29 is 22.5 Å². The van der Waals surface area contributed by atoms with Gasteiger partial charge in [0.25, 0.3) is 0 Å². The number of carbonyl (C=O) groups is 1. The lowest BCUT2D eigenvalue weighted by atomic mass is 9.52. The fourth-order valence-electron chi connectivity index (χ4n) is 4.76. The first kappa shape index (κ1) is 8.34. The van der Waals surface area contributed by atoms with E-state index < -0.39 is 36.8 Å². The number of nitrogens with zero attached hydrogens (tertiary/aromatic N) is 1. The summed E-state index contributed by atoms with van der Waals surface area (Å²) in [6, 6.07) is 1.99. The SMILES string of the molecule is [2H]C1([2H])c2ccc(OC)c3c2[C@]24CCN(C([2H])([2H])[2H])[C@H]1[C@]2([2H])CCC(=O)C4O3. The number of hydrogen-bond donors (Lipinski definition) is 0. The van der Waals surface area contributed by atoms with Crippen molar-refractivity contribution in [1.82, 2.24) is 4.90 Å². The maximum atomic E-state index is 12.8. The van der Waals surface area contributed by atoms with Gasteiger partial charge in [0.05, 0.1) is 7.11 Å². The van der Waals surface area contributed by atoms with Crippen molar-refractivity contribution in [2.24, 2.45) is 5.89 Å². The summed E-state index contributed by atoms with van der Waals surface area (Å²) in [4.78, 5) is 14.0. The molecule has 0 amide bonds. The van der Waals surface area contributed by atoms with E-state index in [9.17, 15) is 6.17 Å². The summed E-state index contributed by atoms with van der Waals surface area (Å²) in [5, 5.41) is 0. The Balaban J connectivity index is 1.88. The second-order valence-corrected chi connectivity index (χ2v) is 6.47. The largest absolute Gasteiger partial charge is 0.493 e. The molecule has 0 aromatic heterocycles. The van der Waals surface area contributed by atoms with E-state index in [1.54, 1.807) is 12.1 Å². The first-order chi connectivity index (χ1) is 13.0. The van der Waals surface area contributed by atoms with Crippen LogP contribution in [0.25, 0.3) is 0 Å². The molecule has 2 fully saturated rings. The molecule has 4 heteroatoms. The van der Waals surface area contributed by atoms with Crippen LogP contribution in [0.1, 0.15) is 38.6 Å². The minimum Gasteiger partial charge on any atom is -0.493 e. The van der Waals surface area contributed by atoms with Gasteiger partial charge in [0.1, 0.15) is 0 Å². The van der Waals surface area contributed by atoms with Gasteiger partial charge in [0.15, 0.2) is 23.4 Å². The lowest BCUT2D eigenvalue weighted by molar-refractivity contribution is -0.138. The van der Waals surface area contributed by atoms with Gasteiger partial charge < -0.3 is 14.4 Å². The number of carbonyl (C=O) groups excluding carboxylic acids is 1. The van der Waals surface area contributed by atoms with E-state index >= 15 is 0 Å².